The highest BCUT2D eigenvalue weighted by Gasteiger charge is 2.45. The van der Waals surface area contributed by atoms with Crippen LogP contribution >= 0.6 is 11.8 Å². The summed E-state index contributed by atoms with van der Waals surface area (Å²) < 4.78 is 0. The Morgan fingerprint density at radius 1 is 1.07 bits per heavy atom. The summed E-state index contributed by atoms with van der Waals surface area (Å²) in [5.74, 6) is -2.03. The molecule has 2 aliphatic rings. The number of amides is 4. The molecule has 8 heteroatoms. The molecule has 2 aromatic carbocycles. The topological polar surface area (TPSA) is 95.6 Å². The lowest BCUT2D eigenvalue weighted by Crippen LogP contribution is -2.54. The molecule has 154 valence electrons. The molecular formula is C22H21N3O4S. The Kier molecular flexibility index (Phi) is 5.34. The Labute approximate surface area is 178 Å². The highest BCUT2D eigenvalue weighted by atomic mass is 32.2. The van der Waals surface area contributed by atoms with Gasteiger partial charge in [-0.3, -0.25) is 29.4 Å². The van der Waals surface area contributed by atoms with Crippen LogP contribution in [-0.2, 0) is 9.59 Å². The largest absolute Gasteiger partial charge is 0.378 e. The number of piperidine rings is 1. The molecule has 1 saturated heterocycles. The molecule has 1 unspecified atom stereocenters. The number of anilines is 1. The first-order valence-corrected chi connectivity index (χ1v) is 10.9. The van der Waals surface area contributed by atoms with Gasteiger partial charge in [0.2, 0.25) is 11.8 Å². The highest BCUT2D eigenvalue weighted by Crippen LogP contribution is 2.34. The molecule has 2 heterocycles. The Hall–Kier alpha value is -3.13. The second-order valence-electron chi connectivity index (χ2n) is 7.31. The van der Waals surface area contributed by atoms with Gasteiger partial charge in [-0.05, 0) is 49.4 Å². The maximum Gasteiger partial charge on any atom is 0.264 e. The molecule has 30 heavy (non-hydrogen) atoms. The lowest BCUT2D eigenvalue weighted by molar-refractivity contribution is -0.136. The lowest BCUT2D eigenvalue weighted by Gasteiger charge is -2.28. The van der Waals surface area contributed by atoms with Crippen LogP contribution in [0.4, 0.5) is 5.69 Å². The van der Waals surface area contributed by atoms with E-state index in [2.05, 4.69) is 10.6 Å². The van der Waals surface area contributed by atoms with Gasteiger partial charge < -0.3 is 5.32 Å². The number of fused-ring (bicyclic) bond motifs is 1. The monoisotopic (exact) mass is 423 g/mol. The Morgan fingerprint density at radius 2 is 1.80 bits per heavy atom. The van der Waals surface area contributed by atoms with Gasteiger partial charge in [0.05, 0.1) is 11.1 Å². The summed E-state index contributed by atoms with van der Waals surface area (Å²) >= 11 is 1.66. The number of hydrogen-bond donors (Lipinski definition) is 2. The Morgan fingerprint density at radius 3 is 2.47 bits per heavy atom. The minimum absolute atomic E-state index is 0.0952. The standard InChI is InChI=1S/C22H21N3O4S/c1-12(13-6-8-14(30-2)9-7-13)23-16-5-3-4-15-19(16)22(29)25(21(15)28)17-10-11-18(26)24-20(17)27/h3-9,12,17,23H,10-11H2,1-2H3,(H,24,26,27)/t12-,17?/m1/s1. The van der Waals surface area contributed by atoms with Gasteiger partial charge in [-0.15, -0.1) is 11.8 Å². The number of hydrogen-bond acceptors (Lipinski definition) is 6. The van der Waals surface area contributed by atoms with Crippen LogP contribution in [-0.4, -0.2) is 40.8 Å². The van der Waals surface area contributed by atoms with Gasteiger partial charge in [0, 0.05) is 23.0 Å². The summed E-state index contributed by atoms with van der Waals surface area (Å²) in [6.07, 6.45) is 2.25. The Balaban J connectivity index is 1.61. The van der Waals surface area contributed by atoms with E-state index in [-0.39, 0.29) is 30.0 Å². The fraction of sp³-hybridized carbons (Fsp3) is 0.273. The van der Waals surface area contributed by atoms with Crippen molar-refractivity contribution >= 4 is 41.1 Å². The van der Waals surface area contributed by atoms with Crippen LogP contribution in [0.1, 0.15) is 52.1 Å². The number of nitrogens with zero attached hydrogens (tertiary/aromatic N) is 1. The van der Waals surface area contributed by atoms with E-state index in [1.807, 2.05) is 37.4 Å². The third kappa shape index (κ3) is 3.47. The van der Waals surface area contributed by atoms with E-state index < -0.39 is 29.7 Å². The summed E-state index contributed by atoms with van der Waals surface area (Å²) in [6.45, 7) is 1.98. The second kappa shape index (κ2) is 7.95. The fourth-order valence-electron chi connectivity index (χ4n) is 3.84. The average molecular weight is 423 g/mol. The fourth-order valence-corrected chi connectivity index (χ4v) is 4.25. The molecule has 4 rings (SSSR count). The quantitative estimate of drug-likeness (QED) is 0.567. The summed E-state index contributed by atoms with van der Waals surface area (Å²) in [7, 11) is 0. The van der Waals surface area contributed by atoms with Crippen molar-refractivity contribution in [3.8, 4) is 0 Å². The average Bonchev–Trinajstić information content (AvgIpc) is 2.99. The lowest BCUT2D eigenvalue weighted by atomic mass is 10.0. The zero-order valence-corrected chi connectivity index (χ0v) is 17.4. The number of thioether (sulfide) groups is 1. The van der Waals surface area contributed by atoms with E-state index in [4.69, 9.17) is 0 Å². The van der Waals surface area contributed by atoms with Crippen LogP contribution in [0.2, 0.25) is 0 Å². The van der Waals surface area contributed by atoms with Crippen molar-refractivity contribution in [1.29, 1.82) is 0 Å². The molecule has 0 spiro atoms. The minimum Gasteiger partial charge on any atom is -0.378 e. The van der Waals surface area contributed by atoms with Gasteiger partial charge in [-0.1, -0.05) is 18.2 Å². The maximum absolute atomic E-state index is 13.2. The maximum atomic E-state index is 13.2. The number of carbonyl (C=O) groups excluding carboxylic acids is 4. The predicted molar refractivity (Wildman–Crippen MR) is 113 cm³/mol. The Bertz CT molecular complexity index is 1050. The summed E-state index contributed by atoms with van der Waals surface area (Å²) in [5.41, 5.74) is 2.12. The van der Waals surface area contributed by atoms with Crippen molar-refractivity contribution in [1.82, 2.24) is 10.2 Å². The SMILES string of the molecule is CSc1ccc([C@@H](C)Nc2cccc3c2C(=O)N(C2CCC(=O)NC2=O)C3=O)cc1. The van der Waals surface area contributed by atoms with E-state index in [1.54, 1.807) is 30.0 Å². The molecule has 0 radical (unpaired) electrons. The van der Waals surface area contributed by atoms with E-state index >= 15 is 0 Å². The molecule has 2 aliphatic heterocycles. The smallest absolute Gasteiger partial charge is 0.264 e. The minimum atomic E-state index is -0.973. The molecule has 7 nitrogen and oxygen atoms in total. The van der Waals surface area contributed by atoms with Crippen molar-refractivity contribution < 1.29 is 19.2 Å². The van der Waals surface area contributed by atoms with Crippen LogP contribution in [0, 0.1) is 0 Å². The van der Waals surface area contributed by atoms with Gasteiger partial charge in [0.1, 0.15) is 6.04 Å². The predicted octanol–water partition coefficient (Wildman–Crippen LogP) is 2.98. The van der Waals surface area contributed by atoms with Gasteiger partial charge in [-0.2, -0.15) is 0 Å². The highest BCUT2D eigenvalue weighted by molar-refractivity contribution is 7.98. The molecule has 0 aliphatic carbocycles. The van der Waals surface area contributed by atoms with Gasteiger partial charge in [-0.25, -0.2) is 0 Å². The number of carbonyl (C=O) groups is 4. The first kappa shape index (κ1) is 20.2. The molecule has 1 fully saturated rings. The molecule has 4 amide bonds. The summed E-state index contributed by atoms with van der Waals surface area (Å²) in [4.78, 5) is 51.9. The molecule has 0 aromatic heterocycles. The summed E-state index contributed by atoms with van der Waals surface area (Å²) in [5, 5.41) is 5.54. The van der Waals surface area contributed by atoms with E-state index in [1.165, 1.54) is 0 Å². The molecule has 2 atom stereocenters. The van der Waals surface area contributed by atoms with Crippen LogP contribution in [0.15, 0.2) is 47.4 Å². The normalized spacial score (nSPS) is 19.5. The van der Waals surface area contributed by atoms with Gasteiger partial charge in [0.25, 0.3) is 11.8 Å². The van der Waals surface area contributed by atoms with Crippen LogP contribution in [0.25, 0.3) is 0 Å². The van der Waals surface area contributed by atoms with Crippen molar-refractivity contribution in [2.24, 2.45) is 0 Å². The third-order valence-corrected chi connectivity index (χ3v) is 6.20. The number of nitrogens with one attached hydrogen (secondary N) is 2. The van der Waals surface area contributed by atoms with Gasteiger partial charge in [0.15, 0.2) is 0 Å². The van der Waals surface area contributed by atoms with Crippen LogP contribution in [0.5, 0.6) is 0 Å². The first-order chi connectivity index (χ1) is 14.4. The van der Waals surface area contributed by atoms with E-state index in [9.17, 15) is 19.2 Å². The number of imide groups is 2. The number of rotatable bonds is 5. The zero-order chi connectivity index (χ0) is 21.4. The van der Waals surface area contributed by atoms with Gasteiger partial charge >= 0.3 is 0 Å². The van der Waals surface area contributed by atoms with Crippen LogP contribution in [0.3, 0.4) is 0 Å². The first-order valence-electron chi connectivity index (χ1n) is 9.65. The van der Waals surface area contributed by atoms with E-state index in [0.717, 1.165) is 15.4 Å². The van der Waals surface area contributed by atoms with Crippen molar-refractivity contribution in [2.75, 3.05) is 11.6 Å². The van der Waals surface area contributed by atoms with Crippen molar-refractivity contribution in [2.45, 2.75) is 36.7 Å². The van der Waals surface area contributed by atoms with Crippen LogP contribution < -0.4 is 10.6 Å². The van der Waals surface area contributed by atoms with E-state index in [0.29, 0.717) is 5.69 Å². The molecule has 0 saturated carbocycles. The summed E-state index contributed by atoms with van der Waals surface area (Å²) in [6, 6.07) is 12.1. The molecular weight excluding hydrogens is 402 g/mol. The third-order valence-electron chi connectivity index (χ3n) is 5.46. The molecule has 0 bridgehead atoms. The molecule has 2 aromatic rings. The van der Waals surface area contributed by atoms with Crippen molar-refractivity contribution in [3.05, 3.63) is 59.2 Å². The zero-order valence-electron chi connectivity index (χ0n) is 16.6. The number of benzene rings is 2. The van der Waals surface area contributed by atoms with Crippen molar-refractivity contribution in [3.63, 3.8) is 0 Å². The molecule has 2 N–H and O–H groups in total. The second-order valence-corrected chi connectivity index (χ2v) is 8.19.